The Labute approximate surface area is 172 Å². The van der Waals surface area contributed by atoms with E-state index in [0.29, 0.717) is 18.7 Å². The molecule has 0 aromatic heterocycles. The fourth-order valence-corrected chi connectivity index (χ4v) is 3.21. The SMILES string of the molecule is COC(=O)c1ccc(CN(C)CC(=O)N(CCC#N)c2cc(C)cc(C)c2)cc1. The third kappa shape index (κ3) is 6.44. The van der Waals surface area contributed by atoms with Gasteiger partial charge in [0.2, 0.25) is 5.91 Å². The number of rotatable bonds is 8. The summed E-state index contributed by atoms with van der Waals surface area (Å²) < 4.78 is 4.70. The number of hydrogen-bond acceptors (Lipinski definition) is 5. The van der Waals surface area contributed by atoms with Crippen molar-refractivity contribution in [2.45, 2.75) is 26.8 Å². The van der Waals surface area contributed by atoms with Gasteiger partial charge in [-0.05, 0) is 61.9 Å². The first-order chi connectivity index (χ1) is 13.8. The standard InChI is InChI=1S/C23H27N3O3/c1-17-12-18(2)14-21(13-17)26(11-5-10-24)22(27)16-25(3)15-19-6-8-20(9-7-19)23(28)29-4/h6-9,12-14H,5,11,15-16H2,1-4H3. The highest BCUT2D eigenvalue weighted by Gasteiger charge is 2.18. The molecule has 0 heterocycles. The molecule has 0 unspecified atom stereocenters. The van der Waals surface area contributed by atoms with Gasteiger partial charge in [-0.2, -0.15) is 5.26 Å². The number of ether oxygens (including phenoxy) is 1. The van der Waals surface area contributed by atoms with Gasteiger partial charge in [0, 0.05) is 18.8 Å². The summed E-state index contributed by atoms with van der Waals surface area (Å²) in [5, 5.41) is 8.98. The van der Waals surface area contributed by atoms with Crippen LogP contribution in [0.15, 0.2) is 42.5 Å². The van der Waals surface area contributed by atoms with E-state index in [1.807, 2.05) is 50.1 Å². The van der Waals surface area contributed by atoms with E-state index in [9.17, 15) is 9.59 Å². The fourth-order valence-electron chi connectivity index (χ4n) is 3.21. The molecule has 0 aliphatic rings. The van der Waals surface area contributed by atoms with Crippen molar-refractivity contribution in [2.24, 2.45) is 0 Å². The highest BCUT2D eigenvalue weighted by Crippen LogP contribution is 2.20. The first-order valence-electron chi connectivity index (χ1n) is 9.45. The molecule has 0 aliphatic carbocycles. The Balaban J connectivity index is 2.07. The van der Waals surface area contributed by atoms with Gasteiger partial charge in [0.1, 0.15) is 0 Å². The van der Waals surface area contributed by atoms with Gasteiger partial charge in [0.25, 0.3) is 0 Å². The topological polar surface area (TPSA) is 73.6 Å². The third-order valence-corrected chi connectivity index (χ3v) is 4.50. The maximum Gasteiger partial charge on any atom is 0.337 e. The zero-order valence-corrected chi connectivity index (χ0v) is 17.4. The van der Waals surface area contributed by atoms with Gasteiger partial charge < -0.3 is 9.64 Å². The molecule has 2 aromatic carbocycles. The third-order valence-electron chi connectivity index (χ3n) is 4.50. The molecule has 2 aromatic rings. The Morgan fingerprint density at radius 2 is 1.69 bits per heavy atom. The zero-order valence-electron chi connectivity index (χ0n) is 17.4. The molecule has 6 heteroatoms. The van der Waals surface area contributed by atoms with E-state index >= 15 is 0 Å². The molecule has 1 amide bonds. The number of carbonyl (C=O) groups excluding carboxylic acids is 2. The zero-order chi connectivity index (χ0) is 21.4. The molecule has 0 atom stereocenters. The van der Waals surface area contributed by atoms with Gasteiger partial charge in [-0.3, -0.25) is 9.69 Å². The van der Waals surface area contributed by atoms with Crippen molar-refractivity contribution in [3.8, 4) is 6.07 Å². The molecule has 152 valence electrons. The summed E-state index contributed by atoms with van der Waals surface area (Å²) in [6, 6.07) is 15.2. The average molecular weight is 393 g/mol. The molecule has 6 nitrogen and oxygen atoms in total. The number of nitriles is 1. The van der Waals surface area contributed by atoms with E-state index < -0.39 is 0 Å². The van der Waals surface area contributed by atoms with Gasteiger partial charge in [-0.25, -0.2) is 4.79 Å². The number of benzene rings is 2. The van der Waals surface area contributed by atoms with Gasteiger partial charge in [0.05, 0.1) is 31.7 Å². The molecule has 0 radical (unpaired) electrons. The number of nitrogens with zero attached hydrogens (tertiary/aromatic N) is 3. The summed E-state index contributed by atoms with van der Waals surface area (Å²) in [4.78, 5) is 28.1. The molecule has 0 saturated carbocycles. The summed E-state index contributed by atoms with van der Waals surface area (Å²) in [6.45, 7) is 5.13. The van der Waals surface area contributed by atoms with Crippen LogP contribution in [0.1, 0.15) is 33.5 Å². The van der Waals surface area contributed by atoms with Crippen molar-refractivity contribution in [2.75, 3.05) is 32.1 Å². The Morgan fingerprint density at radius 1 is 1.07 bits per heavy atom. The van der Waals surface area contributed by atoms with Crippen molar-refractivity contribution >= 4 is 17.6 Å². The van der Waals surface area contributed by atoms with E-state index in [-0.39, 0.29) is 24.8 Å². The quantitative estimate of drug-likeness (QED) is 0.642. The van der Waals surface area contributed by atoms with Crippen LogP contribution in [0.3, 0.4) is 0 Å². The Bertz CT molecular complexity index is 880. The minimum absolute atomic E-state index is 0.0565. The number of esters is 1. The van der Waals surface area contributed by atoms with Crippen LogP contribution in [-0.4, -0.2) is 44.0 Å². The van der Waals surface area contributed by atoms with Crippen LogP contribution in [0.2, 0.25) is 0 Å². The number of aryl methyl sites for hydroxylation is 2. The van der Waals surface area contributed by atoms with Gasteiger partial charge in [0.15, 0.2) is 0 Å². The van der Waals surface area contributed by atoms with Crippen LogP contribution in [0.4, 0.5) is 5.69 Å². The molecular formula is C23H27N3O3. The Morgan fingerprint density at radius 3 is 2.24 bits per heavy atom. The summed E-state index contributed by atoms with van der Waals surface area (Å²) in [6.07, 6.45) is 0.275. The van der Waals surface area contributed by atoms with E-state index in [1.54, 1.807) is 17.0 Å². The van der Waals surface area contributed by atoms with Gasteiger partial charge in [-0.15, -0.1) is 0 Å². The fraction of sp³-hybridized carbons (Fsp3) is 0.348. The monoisotopic (exact) mass is 393 g/mol. The molecule has 0 spiro atoms. The normalized spacial score (nSPS) is 10.5. The molecule has 0 N–H and O–H groups in total. The number of anilines is 1. The molecule has 0 saturated heterocycles. The Kier molecular flexibility index (Phi) is 7.93. The van der Waals surface area contributed by atoms with Gasteiger partial charge in [-0.1, -0.05) is 18.2 Å². The van der Waals surface area contributed by atoms with Crippen molar-refractivity contribution in [3.05, 3.63) is 64.7 Å². The lowest BCUT2D eigenvalue weighted by Crippen LogP contribution is -2.39. The summed E-state index contributed by atoms with van der Waals surface area (Å²) in [5.74, 6) is -0.430. The molecular weight excluding hydrogens is 366 g/mol. The van der Waals surface area contributed by atoms with E-state index in [0.717, 1.165) is 22.4 Å². The first-order valence-corrected chi connectivity index (χ1v) is 9.45. The smallest absolute Gasteiger partial charge is 0.337 e. The average Bonchev–Trinajstić information content (AvgIpc) is 2.67. The summed E-state index contributed by atoms with van der Waals surface area (Å²) in [5.41, 5.74) is 4.46. The van der Waals surface area contributed by atoms with Gasteiger partial charge >= 0.3 is 5.97 Å². The lowest BCUT2D eigenvalue weighted by molar-refractivity contribution is -0.119. The van der Waals surface area contributed by atoms with E-state index in [4.69, 9.17) is 10.00 Å². The maximum absolute atomic E-state index is 13.0. The second kappa shape index (κ2) is 10.4. The lowest BCUT2D eigenvalue weighted by Gasteiger charge is -2.26. The highest BCUT2D eigenvalue weighted by atomic mass is 16.5. The van der Waals surface area contributed by atoms with Crippen LogP contribution in [0.25, 0.3) is 0 Å². The number of amides is 1. The second-order valence-corrected chi connectivity index (χ2v) is 7.16. The summed E-state index contributed by atoms with van der Waals surface area (Å²) >= 11 is 0. The summed E-state index contributed by atoms with van der Waals surface area (Å²) in [7, 11) is 3.22. The number of hydrogen-bond donors (Lipinski definition) is 0. The van der Waals surface area contributed by atoms with Crippen LogP contribution >= 0.6 is 0 Å². The highest BCUT2D eigenvalue weighted by molar-refractivity contribution is 5.95. The minimum Gasteiger partial charge on any atom is -0.465 e. The first kappa shape index (κ1) is 22.1. The van der Waals surface area contributed by atoms with E-state index in [2.05, 4.69) is 12.1 Å². The number of methoxy groups -OCH3 is 1. The van der Waals surface area contributed by atoms with Crippen LogP contribution in [0, 0.1) is 25.2 Å². The predicted molar refractivity (Wildman–Crippen MR) is 113 cm³/mol. The molecule has 0 bridgehead atoms. The molecule has 0 fully saturated rings. The maximum atomic E-state index is 13.0. The van der Waals surface area contributed by atoms with Crippen molar-refractivity contribution in [3.63, 3.8) is 0 Å². The minimum atomic E-state index is -0.373. The number of likely N-dealkylation sites (N-methyl/N-ethyl adjacent to an activating group) is 1. The molecule has 0 aliphatic heterocycles. The van der Waals surface area contributed by atoms with Crippen molar-refractivity contribution in [1.82, 2.24) is 4.90 Å². The van der Waals surface area contributed by atoms with Crippen LogP contribution < -0.4 is 4.90 Å². The van der Waals surface area contributed by atoms with Crippen LogP contribution in [0.5, 0.6) is 0 Å². The van der Waals surface area contributed by atoms with Crippen molar-refractivity contribution < 1.29 is 14.3 Å². The number of carbonyl (C=O) groups is 2. The lowest BCUT2D eigenvalue weighted by atomic mass is 10.1. The second-order valence-electron chi connectivity index (χ2n) is 7.16. The molecule has 29 heavy (non-hydrogen) atoms. The Hall–Kier alpha value is -3.17. The van der Waals surface area contributed by atoms with E-state index in [1.165, 1.54) is 7.11 Å². The molecule has 2 rings (SSSR count). The van der Waals surface area contributed by atoms with Crippen LogP contribution in [-0.2, 0) is 16.1 Å². The van der Waals surface area contributed by atoms with Crippen molar-refractivity contribution in [1.29, 1.82) is 5.26 Å². The predicted octanol–water partition coefficient (Wildman–Crippen LogP) is 3.47. The largest absolute Gasteiger partial charge is 0.465 e.